The molecule has 0 saturated heterocycles. The summed E-state index contributed by atoms with van der Waals surface area (Å²) in [4.78, 5) is 26.1. The van der Waals surface area contributed by atoms with Crippen LogP contribution in [0.15, 0.2) is 125 Å². The van der Waals surface area contributed by atoms with Gasteiger partial charge in [-0.1, -0.05) is 66.7 Å². The lowest BCUT2D eigenvalue weighted by Crippen LogP contribution is -2.25. The number of carbonyl (C=O) groups is 1. The number of hydrogen-bond acceptors (Lipinski definition) is 4. The van der Waals surface area contributed by atoms with E-state index in [1.807, 2.05) is 78.9 Å². The third kappa shape index (κ3) is 4.10. The number of nitrogens with zero attached hydrogens (tertiary/aromatic N) is 2. The van der Waals surface area contributed by atoms with Crippen molar-refractivity contribution in [1.29, 1.82) is 0 Å². The van der Waals surface area contributed by atoms with E-state index in [4.69, 9.17) is 4.42 Å². The minimum absolute atomic E-state index is 0.0151. The molecule has 0 unspecified atom stereocenters. The Kier molecular flexibility index (Phi) is 5.47. The van der Waals surface area contributed by atoms with Gasteiger partial charge in [0.05, 0.1) is 16.3 Å². The van der Waals surface area contributed by atoms with E-state index in [9.17, 15) is 14.9 Å². The van der Waals surface area contributed by atoms with Crippen LogP contribution in [0.5, 0.6) is 0 Å². The zero-order valence-corrected chi connectivity index (χ0v) is 19.6. The van der Waals surface area contributed by atoms with Crippen LogP contribution in [0.25, 0.3) is 33.9 Å². The maximum Gasteiger partial charge on any atom is 0.269 e. The molecule has 1 aliphatic rings. The lowest BCUT2D eigenvalue weighted by molar-refractivity contribution is -0.384. The molecular formula is C31H20N2O4. The first kappa shape index (κ1) is 22.2. The van der Waals surface area contributed by atoms with Gasteiger partial charge in [-0.25, -0.2) is 0 Å². The van der Waals surface area contributed by atoms with Gasteiger partial charge in [0.1, 0.15) is 11.5 Å². The molecule has 5 aromatic rings. The number of rotatable bonds is 5. The maximum atomic E-state index is 13.8. The summed E-state index contributed by atoms with van der Waals surface area (Å²) >= 11 is 0. The number of benzene rings is 4. The molecule has 4 aromatic carbocycles. The number of nitro benzene ring substituents is 1. The van der Waals surface area contributed by atoms with E-state index >= 15 is 0 Å². The van der Waals surface area contributed by atoms with Gasteiger partial charge in [0.15, 0.2) is 0 Å². The standard InChI is InChI=1S/C31H20N2O4/c34-31-24(19-26-17-18-30(37-26)23-13-15-25(16-14-23)33(35)36)20-29(22-8-2-1-3-9-22)32(31)28-12-6-10-21-7-4-5-11-27(21)28/h1-20H. The van der Waals surface area contributed by atoms with Crippen molar-refractivity contribution in [2.24, 2.45) is 0 Å². The van der Waals surface area contributed by atoms with Gasteiger partial charge in [-0.05, 0) is 53.4 Å². The van der Waals surface area contributed by atoms with Crippen LogP contribution in [0.1, 0.15) is 11.3 Å². The van der Waals surface area contributed by atoms with Crippen LogP contribution in [0.4, 0.5) is 11.4 Å². The molecule has 178 valence electrons. The van der Waals surface area contributed by atoms with Gasteiger partial charge in [-0.2, -0.15) is 0 Å². The first-order valence-electron chi connectivity index (χ1n) is 11.7. The van der Waals surface area contributed by atoms with Gasteiger partial charge in [0, 0.05) is 28.7 Å². The van der Waals surface area contributed by atoms with Crippen molar-refractivity contribution in [3.8, 4) is 11.3 Å². The molecule has 0 fully saturated rings. The van der Waals surface area contributed by atoms with Crippen molar-refractivity contribution in [2.45, 2.75) is 0 Å². The second-order valence-electron chi connectivity index (χ2n) is 8.64. The quantitative estimate of drug-likeness (QED) is 0.147. The third-order valence-corrected chi connectivity index (χ3v) is 6.35. The molecule has 37 heavy (non-hydrogen) atoms. The Bertz CT molecular complexity index is 1710. The van der Waals surface area contributed by atoms with Crippen molar-refractivity contribution in [3.63, 3.8) is 0 Å². The van der Waals surface area contributed by atoms with Crippen LogP contribution in [0.2, 0.25) is 0 Å². The van der Waals surface area contributed by atoms with Crippen molar-refractivity contribution >= 4 is 39.8 Å². The second-order valence-corrected chi connectivity index (χ2v) is 8.64. The Morgan fingerprint density at radius 1 is 0.757 bits per heavy atom. The molecule has 0 spiro atoms. The van der Waals surface area contributed by atoms with Crippen molar-refractivity contribution in [2.75, 3.05) is 4.90 Å². The summed E-state index contributed by atoms with van der Waals surface area (Å²) in [5.74, 6) is 0.925. The van der Waals surface area contributed by atoms with Crippen LogP contribution >= 0.6 is 0 Å². The molecule has 0 bridgehead atoms. The van der Waals surface area contributed by atoms with Crippen LogP contribution in [-0.2, 0) is 4.79 Å². The molecule has 1 aliphatic heterocycles. The summed E-state index contributed by atoms with van der Waals surface area (Å²) in [5, 5.41) is 13.0. The lowest BCUT2D eigenvalue weighted by atomic mass is 10.1. The summed E-state index contributed by atoms with van der Waals surface area (Å²) in [5.41, 5.74) is 3.75. The van der Waals surface area contributed by atoms with Crippen molar-refractivity contribution < 1.29 is 14.1 Å². The van der Waals surface area contributed by atoms with Crippen LogP contribution in [0.3, 0.4) is 0 Å². The molecule has 0 saturated carbocycles. The van der Waals surface area contributed by atoms with Gasteiger partial charge < -0.3 is 4.42 Å². The largest absolute Gasteiger partial charge is 0.457 e. The summed E-state index contributed by atoms with van der Waals surface area (Å²) in [6.45, 7) is 0. The van der Waals surface area contributed by atoms with Crippen LogP contribution in [-0.4, -0.2) is 10.8 Å². The third-order valence-electron chi connectivity index (χ3n) is 6.35. The van der Waals surface area contributed by atoms with Crippen molar-refractivity contribution in [3.05, 3.63) is 142 Å². The molecular weight excluding hydrogens is 464 g/mol. The minimum Gasteiger partial charge on any atom is -0.457 e. The molecule has 0 radical (unpaired) electrons. The number of carbonyl (C=O) groups excluding carboxylic acids is 1. The number of non-ortho nitro benzene ring substituents is 1. The molecule has 0 aliphatic carbocycles. The molecule has 0 atom stereocenters. The number of anilines is 1. The Morgan fingerprint density at radius 2 is 1.49 bits per heavy atom. The number of fused-ring (bicyclic) bond motifs is 1. The predicted molar refractivity (Wildman–Crippen MR) is 145 cm³/mol. The average molecular weight is 485 g/mol. The minimum atomic E-state index is -0.439. The number of hydrogen-bond donors (Lipinski definition) is 0. The number of nitro groups is 1. The Labute approximate surface area is 212 Å². The van der Waals surface area contributed by atoms with E-state index in [1.54, 1.807) is 35.2 Å². The highest BCUT2D eigenvalue weighted by molar-refractivity contribution is 6.25. The topological polar surface area (TPSA) is 76.6 Å². The first-order valence-corrected chi connectivity index (χ1v) is 11.7. The molecule has 6 rings (SSSR count). The average Bonchev–Trinajstić information content (AvgIpc) is 3.53. The molecule has 6 heteroatoms. The second kappa shape index (κ2) is 9.09. The highest BCUT2D eigenvalue weighted by Crippen LogP contribution is 2.39. The SMILES string of the molecule is O=C1C(=Cc2ccc(-c3ccc([N+](=O)[O-])cc3)o2)C=C(c2ccccc2)N1c1cccc2ccccc12. The van der Waals surface area contributed by atoms with Gasteiger partial charge >= 0.3 is 0 Å². The van der Waals surface area contributed by atoms with Crippen LogP contribution < -0.4 is 4.90 Å². The van der Waals surface area contributed by atoms with Gasteiger partial charge in [-0.3, -0.25) is 19.8 Å². The van der Waals surface area contributed by atoms with E-state index in [0.717, 1.165) is 27.7 Å². The monoisotopic (exact) mass is 484 g/mol. The smallest absolute Gasteiger partial charge is 0.269 e. The highest BCUT2D eigenvalue weighted by atomic mass is 16.6. The lowest BCUT2D eigenvalue weighted by Gasteiger charge is -2.22. The Hall–Kier alpha value is -5.23. The molecule has 1 aromatic heterocycles. The molecule has 1 amide bonds. The fourth-order valence-corrected chi connectivity index (χ4v) is 4.57. The molecule has 6 nitrogen and oxygen atoms in total. The summed E-state index contributed by atoms with van der Waals surface area (Å²) < 4.78 is 5.99. The molecule has 2 heterocycles. The van der Waals surface area contributed by atoms with Gasteiger partial charge in [-0.15, -0.1) is 0 Å². The highest BCUT2D eigenvalue weighted by Gasteiger charge is 2.31. The fraction of sp³-hybridized carbons (Fsp3) is 0. The normalized spacial score (nSPS) is 14.4. The predicted octanol–water partition coefficient (Wildman–Crippen LogP) is 7.48. The zero-order chi connectivity index (χ0) is 25.4. The Balaban J connectivity index is 1.41. The maximum absolute atomic E-state index is 13.8. The van der Waals surface area contributed by atoms with Crippen LogP contribution in [0, 0.1) is 10.1 Å². The van der Waals surface area contributed by atoms with E-state index in [2.05, 4.69) is 0 Å². The number of furan rings is 1. The zero-order valence-electron chi connectivity index (χ0n) is 19.6. The van der Waals surface area contributed by atoms with E-state index in [1.165, 1.54) is 12.1 Å². The van der Waals surface area contributed by atoms with E-state index in [-0.39, 0.29) is 11.6 Å². The fourth-order valence-electron chi connectivity index (χ4n) is 4.57. The summed E-state index contributed by atoms with van der Waals surface area (Å²) in [6.07, 6.45) is 3.61. The summed E-state index contributed by atoms with van der Waals surface area (Å²) in [7, 11) is 0. The van der Waals surface area contributed by atoms with E-state index in [0.29, 0.717) is 22.7 Å². The van der Waals surface area contributed by atoms with Crippen molar-refractivity contribution in [1.82, 2.24) is 0 Å². The van der Waals surface area contributed by atoms with Gasteiger partial charge in [0.25, 0.3) is 11.6 Å². The van der Waals surface area contributed by atoms with E-state index < -0.39 is 4.92 Å². The molecule has 0 N–H and O–H groups in total. The summed E-state index contributed by atoms with van der Waals surface area (Å²) in [6, 6.07) is 33.5. The first-order chi connectivity index (χ1) is 18.1. The Morgan fingerprint density at radius 3 is 2.27 bits per heavy atom. The van der Waals surface area contributed by atoms with Gasteiger partial charge in [0.2, 0.25) is 0 Å². The number of amides is 1.